The Morgan fingerprint density at radius 2 is 2.17 bits per heavy atom. The maximum atomic E-state index is 6.15. The lowest BCUT2D eigenvalue weighted by Crippen LogP contribution is -2.21. The number of fused-ring (bicyclic) bond motifs is 1. The van der Waals surface area contributed by atoms with Crippen molar-refractivity contribution < 1.29 is 0 Å². The Balaban J connectivity index is 1.74. The smallest absolute Gasteiger partial charge is 0.122 e. The van der Waals surface area contributed by atoms with Crippen molar-refractivity contribution in [3.63, 3.8) is 0 Å². The number of hydrogen-bond acceptors (Lipinski definition) is 3. The first-order chi connectivity index (χ1) is 8.75. The molecule has 1 aromatic carbocycles. The van der Waals surface area contributed by atoms with Gasteiger partial charge in [0.1, 0.15) is 5.82 Å². The van der Waals surface area contributed by atoms with Crippen molar-refractivity contribution in [1.29, 1.82) is 0 Å². The van der Waals surface area contributed by atoms with Gasteiger partial charge in [-0.25, -0.2) is 4.98 Å². The van der Waals surface area contributed by atoms with Gasteiger partial charge in [-0.15, -0.1) is 0 Å². The number of hydrogen-bond donors (Lipinski definition) is 2. The molecule has 0 saturated carbocycles. The summed E-state index contributed by atoms with van der Waals surface area (Å²) in [5.41, 5.74) is 8.76. The molecular weight excluding hydrogens is 224 g/mol. The van der Waals surface area contributed by atoms with E-state index in [1.165, 1.54) is 11.1 Å². The van der Waals surface area contributed by atoms with Crippen LogP contribution in [0.3, 0.4) is 0 Å². The molecule has 0 spiro atoms. The number of imidazole rings is 1. The molecule has 18 heavy (non-hydrogen) atoms. The molecule has 3 rings (SSSR count). The molecule has 1 heterocycles. The molecule has 4 heteroatoms. The number of nitrogens with zero attached hydrogens (tertiary/aromatic N) is 2. The molecule has 0 amide bonds. The van der Waals surface area contributed by atoms with E-state index in [1.807, 2.05) is 24.0 Å². The van der Waals surface area contributed by atoms with Crippen LogP contribution in [0.1, 0.15) is 35.5 Å². The lowest BCUT2D eigenvalue weighted by molar-refractivity contribution is 0.485. The van der Waals surface area contributed by atoms with Crippen LogP contribution in [0.5, 0.6) is 0 Å². The fourth-order valence-corrected chi connectivity index (χ4v) is 2.65. The largest absolute Gasteiger partial charge is 0.337 e. The first-order valence-electron chi connectivity index (χ1n) is 6.29. The third-order valence-electron chi connectivity index (χ3n) is 3.69. The Hall–Kier alpha value is -1.65. The minimum absolute atomic E-state index is 0.153. The van der Waals surface area contributed by atoms with Crippen molar-refractivity contribution in [3.05, 3.63) is 53.6 Å². The van der Waals surface area contributed by atoms with E-state index >= 15 is 0 Å². The molecule has 2 atom stereocenters. The van der Waals surface area contributed by atoms with Crippen LogP contribution >= 0.6 is 0 Å². The summed E-state index contributed by atoms with van der Waals surface area (Å²) in [4.78, 5) is 4.32. The van der Waals surface area contributed by atoms with Crippen LogP contribution in [-0.2, 0) is 13.6 Å². The Morgan fingerprint density at radius 3 is 2.89 bits per heavy atom. The summed E-state index contributed by atoms with van der Waals surface area (Å²) in [6.07, 6.45) is 4.75. The number of aryl methyl sites for hydroxylation is 1. The van der Waals surface area contributed by atoms with E-state index in [0.29, 0.717) is 6.04 Å². The third-order valence-corrected chi connectivity index (χ3v) is 3.69. The Bertz CT molecular complexity index is 546. The van der Waals surface area contributed by atoms with Gasteiger partial charge in [0.05, 0.1) is 6.54 Å². The normalized spacial score (nSPS) is 22.1. The lowest BCUT2D eigenvalue weighted by atomic mass is 10.1. The van der Waals surface area contributed by atoms with Crippen molar-refractivity contribution in [2.75, 3.05) is 0 Å². The van der Waals surface area contributed by atoms with Gasteiger partial charge in [0.25, 0.3) is 0 Å². The average Bonchev–Trinajstić information content (AvgIpc) is 2.92. The molecule has 1 aromatic heterocycles. The van der Waals surface area contributed by atoms with Crippen molar-refractivity contribution in [3.8, 4) is 0 Å². The van der Waals surface area contributed by atoms with Gasteiger partial charge in [-0.05, 0) is 17.5 Å². The summed E-state index contributed by atoms with van der Waals surface area (Å²) in [7, 11) is 2.01. The molecule has 0 aliphatic heterocycles. The van der Waals surface area contributed by atoms with Gasteiger partial charge in [-0.2, -0.15) is 0 Å². The fourth-order valence-electron chi connectivity index (χ4n) is 2.65. The molecule has 0 bridgehead atoms. The van der Waals surface area contributed by atoms with Gasteiger partial charge in [0.15, 0.2) is 0 Å². The van der Waals surface area contributed by atoms with E-state index in [4.69, 9.17) is 5.73 Å². The van der Waals surface area contributed by atoms with Crippen molar-refractivity contribution in [2.24, 2.45) is 12.8 Å². The van der Waals surface area contributed by atoms with Gasteiger partial charge in [0, 0.05) is 31.5 Å². The van der Waals surface area contributed by atoms with E-state index in [0.717, 1.165) is 18.8 Å². The van der Waals surface area contributed by atoms with Crippen molar-refractivity contribution >= 4 is 0 Å². The first-order valence-corrected chi connectivity index (χ1v) is 6.29. The minimum atomic E-state index is 0.153. The molecular formula is C14H18N4. The van der Waals surface area contributed by atoms with Gasteiger partial charge in [-0.1, -0.05) is 24.3 Å². The van der Waals surface area contributed by atoms with E-state index in [9.17, 15) is 0 Å². The van der Waals surface area contributed by atoms with E-state index < -0.39 is 0 Å². The molecule has 0 radical (unpaired) electrons. The van der Waals surface area contributed by atoms with Crippen LogP contribution in [-0.4, -0.2) is 9.55 Å². The highest BCUT2D eigenvalue weighted by atomic mass is 15.1. The number of benzene rings is 1. The summed E-state index contributed by atoms with van der Waals surface area (Å²) < 4.78 is 2.04. The molecule has 3 N–H and O–H groups in total. The highest BCUT2D eigenvalue weighted by Crippen LogP contribution is 2.36. The number of nitrogens with one attached hydrogen (secondary N) is 1. The van der Waals surface area contributed by atoms with Gasteiger partial charge < -0.3 is 15.6 Å². The minimum Gasteiger partial charge on any atom is -0.337 e. The van der Waals surface area contributed by atoms with Crippen LogP contribution in [0.15, 0.2) is 36.7 Å². The van der Waals surface area contributed by atoms with Crippen LogP contribution < -0.4 is 11.1 Å². The zero-order chi connectivity index (χ0) is 12.5. The van der Waals surface area contributed by atoms with Crippen LogP contribution in [0.4, 0.5) is 0 Å². The number of aromatic nitrogens is 2. The fraction of sp³-hybridized carbons (Fsp3) is 0.357. The zero-order valence-corrected chi connectivity index (χ0v) is 10.5. The molecule has 1 aliphatic carbocycles. The molecule has 2 unspecified atom stereocenters. The predicted octanol–water partition coefficient (Wildman–Crippen LogP) is 1.65. The summed E-state index contributed by atoms with van der Waals surface area (Å²) in [5.74, 6) is 1.05. The summed E-state index contributed by atoms with van der Waals surface area (Å²) in [6.45, 7) is 0.773. The topological polar surface area (TPSA) is 55.9 Å². The monoisotopic (exact) mass is 242 g/mol. The Labute approximate surface area is 107 Å². The second-order valence-electron chi connectivity index (χ2n) is 4.86. The standard InChI is InChI=1S/C14H18N4/c1-18-7-6-16-14(18)9-17-13-8-12(15)10-4-2-3-5-11(10)13/h2-7,12-13,17H,8-9,15H2,1H3. The summed E-state index contributed by atoms with van der Waals surface area (Å²) in [5, 5.41) is 3.55. The molecule has 4 nitrogen and oxygen atoms in total. The SMILES string of the molecule is Cn1ccnc1CNC1CC(N)c2ccccc21. The number of rotatable bonds is 3. The summed E-state index contributed by atoms with van der Waals surface area (Å²) in [6, 6.07) is 8.92. The molecule has 1 aliphatic rings. The molecule has 94 valence electrons. The Kier molecular flexibility index (Phi) is 2.89. The highest BCUT2D eigenvalue weighted by Gasteiger charge is 2.27. The highest BCUT2D eigenvalue weighted by molar-refractivity contribution is 5.37. The second-order valence-corrected chi connectivity index (χ2v) is 4.86. The van der Waals surface area contributed by atoms with Crippen molar-refractivity contribution in [1.82, 2.24) is 14.9 Å². The van der Waals surface area contributed by atoms with Crippen LogP contribution in [0.2, 0.25) is 0 Å². The quantitative estimate of drug-likeness (QED) is 0.860. The second kappa shape index (κ2) is 4.55. The maximum Gasteiger partial charge on any atom is 0.122 e. The first kappa shape index (κ1) is 11.4. The van der Waals surface area contributed by atoms with Gasteiger partial charge in [0.2, 0.25) is 0 Å². The van der Waals surface area contributed by atoms with Crippen molar-refractivity contribution in [2.45, 2.75) is 25.0 Å². The summed E-state index contributed by atoms with van der Waals surface area (Å²) >= 11 is 0. The average molecular weight is 242 g/mol. The van der Waals surface area contributed by atoms with Gasteiger partial charge >= 0.3 is 0 Å². The van der Waals surface area contributed by atoms with Crippen LogP contribution in [0.25, 0.3) is 0 Å². The third kappa shape index (κ3) is 1.94. The van der Waals surface area contributed by atoms with Gasteiger partial charge in [-0.3, -0.25) is 0 Å². The maximum absolute atomic E-state index is 6.15. The molecule has 0 saturated heterocycles. The molecule has 2 aromatic rings. The zero-order valence-electron chi connectivity index (χ0n) is 10.5. The number of nitrogens with two attached hydrogens (primary N) is 1. The van der Waals surface area contributed by atoms with E-state index in [2.05, 4.69) is 34.6 Å². The Morgan fingerprint density at radius 1 is 1.39 bits per heavy atom. The predicted molar refractivity (Wildman–Crippen MR) is 70.8 cm³/mol. The lowest BCUT2D eigenvalue weighted by Gasteiger charge is -2.13. The molecule has 0 fully saturated rings. The van der Waals surface area contributed by atoms with Crippen LogP contribution in [0, 0.1) is 0 Å². The van der Waals surface area contributed by atoms with E-state index in [-0.39, 0.29) is 6.04 Å². The van der Waals surface area contributed by atoms with E-state index in [1.54, 1.807) is 0 Å².